The molecular formula is C15H12BrFN4. The Morgan fingerprint density at radius 3 is 2.62 bits per heavy atom. The molecule has 106 valence electrons. The molecule has 0 amide bonds. The van der Waals surface area contributed by atoms with Crippen molar-refractivity contribution >= 4 is 15.9 Å². The minimum absolute atomic E-state index is 0.363. The normalized spacial score (nSPS) is 12.3. The van der Waals surface area contributed by atoms with Crippen molar-refractivity contribution in [1.29, 1.82) is 0 Å². The maximum Gasteiger partial charge on any atom is 0.129 e. The van der Waals surface area contributed by atoms with E-state index >= 15 is 0 Å². The van der Waals surface area contributed by atoms with Crippen molar-refractivity contribution in [3.05, 3.63) is 76.3 Å². The summed E-state index contributed by atoms with van der Waals surface area (Å²) in [7, 11) is 0. The van der Waals surface area contributed by atoms with Gasteiger partial charge in [0, 0.05) is 10.0 Å². The van der Waals surface area contributed by atoms with E-state index in [4.69, 9.17) is 5.73 Å². The average Bonchev–Trinajstić information content (AvgIpc) is 2.97. The Balaban J connectivity index is 2.03. The van der Waals surface area contributed by atoms with Gasteiger partial charge in [-0.1, -0.05) is 45.4 Å². The second-order valence-electron chi connectivity index (χ2n) is 4.55. The molecule has 0 aliphatic carbocycles. The van der Waals surface area contributed by atoms with Gasteiger partial charge >= 0.3 is 0 Å². The smallest absolute Gasteiger partial charge is 0.129 e. The summed E-state index contributed by atoms with van der Waals surface area (Å²) in [5, 5.41) is 7.93. The predicted octanol–water partition coefficient (Wildman–Crippen LogP) is 3.22. The number of hydrogen-bond donors (Lipinski definition) is 1. The second-order valence-corrected chi connectivity index (χ2v) is 5.47. The number of para-hydroxylation sites is 1. The number of aromatic nitrogens is 3. The van der Waals surface area contributed by atoms with Crippen LogP contribution >= 0.6 is 15.9 Å². The molecule has 1 heterocycles. The highest BCUT2D eigenvalue weighted by Crippen LogP contribution is 2.25. The summed E-state index contributed by atoms with van der Waals surface area (Å²) in [6.45, 7) is 0. The molecule has 6 heteroatoms. The van der Waals surface area contributed by atoms with E-state index in [1.165, 1.54) is 6.07 Å². The summed E-state index contributed by atoms with van der Waals surface area (Å²) in [6.07, 6.45) is 1.55. The lowest BCUT2D eigenvalue weighted by molar-refractivity contribution is 0.591. The summed E-state index contributed by atoms with van der Waals surface area (Å²) in [5.41, 5.74) is 8.05. The van der Waals surface area contributed by atoms with Crippen LogP contribution in [0.1, 0.15) is 17.3 Å². The molecule has 2 N–H and O–H groups in total. The van der Waals surface area contributed by atoms with Crippen molar-refractivity contribution in [1.82, 2.24) is 15.0 Å². The third-order valence-corrected chi connectivity index (χ3v) is 3.69. The van der Waals surface area contributed by atoms with Crippen LogP contribution in [0, 0.1) is 5.82 Å². The lowest BCUT2D eigenvalue weighted by atomic mass is 10.0. The zero-order valence-electron chi connectivity index (χ0n) is 10.9. The van der Waals surface area contributed by atoms with Crippen LogP contribution in [-0.2, 0) is 0 Å². The van der Waals surface area contributed by atoms with E-state index in [0.717, 1.165) is 5.69 Å². The fraction of sp³-hybridized carbons (Fsp3) is 0.0667. The third-order valence-electron chi connectivity index (χ3n) is 3.19. The molecule has 0 fully saturated rings. The van der Waals surface area contributed by atoms with Crippen LogP contribution in [-0.4, -0.2) is 15.0 Å². The molecular weight excluding hydrogens is 335 g/mol. The maximum absolute atomic E-state index is 14.1. The van der Waals surface area contributed by atoms with E-state index in [0.29, 0.717) is 15.7 Å². The Morgan fingerprint density at radius 1 is 1.14 bits per heavy atom. The van der Waals surface area contributed by atoms with Crippen LogP contribution in [0.15, 0.2) is 59.2 Å². The highest BCUT2D eigenvalue weighted by molar-refractivity contribution is 9.10. The number of nitrogens with two attached hydrogens (primary N) is 1. The molecule has 3 aromatic rings. The largest absolute Gasteiger partial charge is 0.319 e. The first kappa shape index (κ1) is 13.9. The Kier molecular flexibility index (Phi) is 3.81. The van der Waals surface area contributed by atoms with Crippen molar-refractivity contribution in [2.45, 2.75) is 6.04 Å². The van der Waals surface area contributed by atoms with Gasteiger partial charge in [0.05, 0.1) is 23.6 Å². The molecule has 2 aromatic carbocycles. The van der Waals surface area contributed by atoms with Crippen LogP contribution < -0.4 is 5.73 Å². The number of nitrogens with zero attached hydrogens (tertiary/aromatic N) is 3. The minimum atomic E-state index is -0.645. The lowest BCUT2D eigenvalue weighted by Gasteiger charge is -2.14. The topological polar surface area (TPSA) is 56.7 Å². The first-order valence-electron chi connectivity index (χ1n) is 6.33. The monoisotopic (exact) mass is 346 g/mol. The third kappa shape index (κ3) is 2.72. The summed E-state index contributed by atoms with van der Waals surface area (Å²) >= 11 is 3.23. The van der Waals surface area contributed by atoms with E-state index in [1.807, 2.05) is 30.3 Å². The van der Waals surface area contributed by atoms with Crippen LogP contribution in [0.5, 0.6) is 0 Å². The van der Waals surface area contributed by atoms with Gasteiger partial charge in [-0.25, -0.2) is 9.07 Å². The second kappa shape index (κ2) is 5.75. The van der Waals surface area contributed by atoms with Crippen molar-refractivity contribution in [3.63, 3.8) is 0 Å². The number of halogens is 2. The van der Waals surface area contributed by atoms with Gasteiger partial charge < -0.3 is 5.73 Å². The van der Waals surface area contributed by atoms with E-state index in [1.54, 1.807) is 23.0 Å². The van der Waals surface area contributed by atoms with E-state index in [2.05, 4.69) is 26.2 Å². The van der Waals surface area contributed by atoms with Gasteiger partial charge in [0.2, 0.25) is 0 Å². The van der Waals surface area contributed by atoms with Crippen molar-refractivity contribution < 1.29 is 4.39 Å². The van der Waals surface area contributed by atoms with Crippen LogP contribution in [0.4, 0.5) is 4.39 Å². The van der Waals surface area contributed by atoms with Gasteiger partial charge in [0.15, 0.2) is 0 Å². The summed E-state index contributed by atoms with van der Waals surface area (Å²) in [6, 6.07) is 13.7. The van der Waals surface area contributed by atoms with Crippen LogP contribution in [0.2, 0.25) is 0 Å². The number of rotatable bonds is 3. The molecule has 4 nitrogen and oxygen atoms in total. The SMILES string of the molecule is NC(c1ccc(Br)cc1F)c1cnnn1-c1ccccc1. The molecule has 1 aromatic heterocycles. The Bertz CT molecular complexity index is 757. The van der Waals surface area contributed by atoms with Gasteiger partial charge in [-0.15, -0.1) is 5.10 Å². The van der Waals surface area contributed by atoms with E-state index in [9.17, 15) is 4.39 Å². The first-order valence-corrected chi connectivity index (χ1v) is 7.12. The summed E-state index contributed by atoms with van der Waals surface area (Å²) in [5.74, 6) is -0.363. The highest BCUT2D eigenvalue weighted by Gasteiger charge is 2.19. The molecule has 0 radical (unpaired) electrons. The molecule has 0 saturated heterocycles. The zero-order chi connectivity index (χ0) is 14.8. The molecule has 1 atom stereocenters. The molecule has 0 aliphatic heterocycles. The van der Waals surface area contributed by atoms with Gasteiger partial charge in [-0.2, -0.15) is 0 Å². The van der Waals surface area contributed by atoms with Gasteiger partial charge in [0.1, 0.15) is 5.82 Å². The Morgan fingerprint density at radius 2 is 1.90 bits per heavy atom. The molecule has 3 rings (SSSR count). The van der Waals surface area contributed by atoms with Gasteiger partial charge in [-0.3, -0.25) is 0 Å². The fourth-order valence-corrected chi connectivity index (χ4v) is 2.47. The van der Waals surface area contributed by atoms with E-state index in [-0.39, 0.29) is 5.82 Å². The molecule has 0 aliphatic rings. The van der Waals surface area contributed by atoms with Gasteiger partial charge in [-0.05, 0) is 24.3 Å². The minimum Gasteiger partial charge on any atom is -0.319 e. The predicted molar refractivity (Wildman–Crippen MR) is 81.5 cm³/mol. The van der Waals surface area contributed by atoms with Gasteiger partial charge in [0.25, 0.3) is 0 Å². The van der Waals surface area contributed by atoms with Crippen LogP contribution in [0.3, 0.4) is 0 Å². The van der Waals surface area contributed by atoms with Crippen LogP contribution in [0.25, 0.3) is 5.69 Å². The number of hydrogen-bond acceptors (Lipinski definition) is 3. The summed E-state index contributed by atoms with van der Waals surface area (Å²) in [4.78, 5) is 0. The van der Waals surface area contributed by atoms with Crippen molar-refractivity contribution in [2.24, 2.45) is 5.73 Å². The fourth-order valence-electron chi connectivity index (χ4n) is 2.14. The number of benzene rings is 2. The van der Waals surface area contributed by atoms with Crippen molar-refractivity contribution in [2.75, 3.05) is 0 Å². The first-order chi connectivity index (χ1) is 10.2. The quantitative estimate of drug-likeness (QED) is 0.792. The Hall–Kier alpha value is -2.05. The standard InChI is InChI=1S/C15H12BrFN4/c16-10-6-7-12(13(17)8-10)15(18)14-9-19-20-21(14)11-4-2-1-3-5-11/h1-9,15H,18H2. The van der Waals surface area contributed by atoms with Crippen molar-refractivity contribution in [3.8, 4) is 5.69 Å². The highest BCUT2D eigenvalue weighted by atomic mass is 79.9. The summed E-state index contributed by atoms with van der Waals surface area (Å²) < 4.78 is 16.4. The Labute approximate surface area is 129 Å². The zero-order valence-corrected chi connectivity index (χ0v) is 12.5. The molecule has 0 bridgehead atoms. The molecule has 1 unspecified atom stereocenters. The molecule has 21 heavy (non-hydrogen) atoms. The molecule has 0 saturated carbocycles. The lowest BCUT2D eigenvalue weighted by Crippen LogP contribution is -2.18. The maximum atomic E-state index is 14.1. The molecule has 0 spiro atoms. The van der Waals surface area contributed by atoms with E-state index < -0.39 is 6.04 Å². The average molecular weight is 347 g/mol.